The first kappa shape index (κ1) is 22.1. The van der Waals surface area contributed by atoms with E-state index in [0.717, 1.165) is 44.5 Å². The van der Waals surface area contributed by atoms with E-state index in [1.807, 2.05) is 12.1 Å². The second-order valence-corrected chi connectivity index (χ2v) is 8.12. The van der Waals surface area contributed by atoms with Crippen molar-refractivity contribution in [2.24, 2.45) is 5.92 Å². The molecular formula is C24H33FN4O. The van der Waals surface area contributed by atoms with Crippen molar-refractivity contribution in [2.75, 3.05) is 13.1 Å². The van der Waals surface area contributed by atoms with Gasteiger partial charge in [0.25, 0.3) is 0 Å². The lowest BCUT2D eigenvalue weighted by molar-refractivity contribution is -0.124. The maximum Gasteiger partial charge on any atom is 0.223 e. The molecule has 1 amide bonds. The minimum atomic E-state index is -0.312. The number of carbonyl (C=O) groups is 1. The summed E-state index contributed by atoms with van der Waals surface area (Å²) in [6.07, 6.45) is 10.3. The molecular weight excluding hydrogens is 379 g/mol. The van der Waals surface area contributed by atoms with Gasteiger partial charge in [0.2, 0.25) is 5.91 Å². The Balaban J connectivity index is 1.51. The Bertz CT molecular complexity index is 868. The molecule has 1 saturated carbocycles. The molecule has 162 valence electrons. The molecule has 1 aromatic carbocycles. The molecule has 1 fully saturated rings. The van der Waals surface area contributed by atoms with E-state index < -0.39 is 0 Å². The smallest absolute Gasteiger partial charge is 0.223 e. The number of nitrogens with one attached hydrogen (secondary N) is 2. The standard InChI is InChI=1S/C24H33FN4O/c1-18-9-3-4-10-20(18)13-14-23(29-19(2)22(25)17-28-29)26-15-7-8-16-27-24(30)21-11-5-6-12-21/h3-4,9-10,14,17,21,26H,5-8,11-13,15-16H2,1-2H3,(H,27,30)/b23-14-. The van der Waals surface area contributed by atoms with Crippen LogP contribution in [0.3, 0.4) is 0 Å². The van der Waals surface area contributed by atoms with Gasteiger partial charge in [0.05, 0.1) is 11.9 Å². The molecule has 2 aromatic rings. The maximum absolute atomic E-state index is 13.8. The van der Waals surface area contributed by atoms with Gasteiger partial charge in [0.15, 0.2) is 5.82 Å². The second kappa shape index (κ2) is 11.0. The molecule has 2 N–H and O–H groups in total. The van der Waals surface area contributed by atoms with Crippen LogP contribution < -0.4 is 10.6 Å². The highest BCUT2D eigenvalue weighted by molar-refractivity contribution is 5.78. The molecule has 5 nitrogen and oxygen atoms in total. The largest absolute Gasteiger partial charge is 0.370 e. The van der Waals surface area contributed by atoms with Gasteiger partial charge in [0.1, 0.15) is 5.82 Å². The fourth-order valence-corrected chi connectivity index (χ4v) is 3.92. The predicted octanol–water partition coefficient (Wildman–Crippen LogP) is 4.36. The van der Waals surface area contributed by atoms with Crippen molar-refractivity contribution >= 4 is 11.7 Å². The molecule has 0 unspecified atom stereocenters. The number of rotatable bonds is 10. The lowest BCUT2D eigenvalue weighted by Gasteiger charge is -2.14. The van der Waals surface area contributed by atoms with Crippen LogP contribution >= 0.6 is 0 Å². The van der Waals surface area contributed by atoms with Gasteiger partial charge in [-0.3, -0.25) is 4.79 Å². The summed E-state index contributed by atoms with van der Waals surface area (Å²) < 4.78 is 15.5. The Kier molecular flexibility index (Phi) is 8.05. The number of nitrogens with zero attached hydrogens (tertiary/aromatic N) is 2. The first-order valence-corrected chi connectivity index (χ1v) is 11.0. The van der Waals surface area contributed by atoms with Crippen molar-refractivity contribution < 1.29 is 9.18 Å². The van der Waals surface area contributed by atoms with Crippen LogP contribution in [0.1, 0.15) is 55.3 Å². The summed E-state index contributed by atoms with van der Waals surface area (Å²) >= 11 is 0. The number of halogens is 1. The van der Waals surface area contributed by atoms with E-state index in [9.17, 15) is 9.18 Å². The first-order valence-electron chi connectivity index (χ1n) is 11.0. The maximum atomic E-state index is 13.8. The molecule has 1 aliphatic carbocycles. The Morgan fingerprint density at radius 3 is 2.53 bits per heavy atom. The Hall–Kier alpha value is -2.63. The third kappa shape index (κ3) is 5.94. The van der Waals surface area contributed by atoms with Gasteiger partial charge >= 0.3 is 0 Å². The number of allylic oxidation sites excluding steroid dienone is 1. The van der Waals surface area contributed by atoms with Gasteiger partial charge in [-0.15, -0.1) is 0 Å². The van der Waals surface area contributed by atoms with Crippen LogP contribution in [0.15, 0.2) is 36.5 Å². The average Bonchev–Trinajstić information content (AvgIpc) is 3.39. The lowest BCUT2D eigenvalue weighted by Crippen LogP contribution is -2.30. The third-order valence-corrected chi connectivity index (χ3v) is 5.89. The van der Waals surface area contributed by atoms with Crippen LogP contribution in [-0.2, 0) is 11.2 Å². The molecule has 0 atom stereocenters. The normalized spacial score (nSPS) is 14.8. The molecule has 1 heterocycles. The van der Waals surface area contributed by atoms with Crippen molar-refractivity contribution in [2.45, 2.75) is 58.8 Å². The number of unbranched alkanes of at least 4 members (excludes halogenated alkanes) is 1. The zero-order valence-corrected chi connectivity index (χ0v) is 18.1. The van der Waals surface area contributed by atoms with Crippen LogP contribution in [0.5, 0.6) is 0 Å². The third-order valence-electron chi connectivity index (χ3n) is 5.89. The molecule has 1 aliphatic rings. The summed E-state index contributed by atoms with van der Waals surface area (Å²) in [4.78, 5) is 12.1. The van der Waals surface area contributed by atoms with Crippen LogP contribution in [0.2, 0.25) is 0 Å². The molecule has 0 aliphatic heterocycles. The number of hydrogen-bond donors (Lipinski definition) is 2. The summed E-state index contributed by atoms with van der Waals surface area (Å²) in [6, 6.07) is 8.25. The number of aromatic nitrogens is 2. The van der Waals surface area contributed by atoms with Gasteiger partial charge in [0, 0.05) is 19.0 Å². The monoisotopic (exact) mass is 412 g/mol. The molecule has 1 aromatic heterocycles. The molecule has 0 saturated heterocycles. The van der Waals surface area contributed by atoms with Crippen molar-refractivity contribution in [1.29, 1.82) is 0 Å². The fourth-order valence-electron chi connectivity index (χ4n) is 3.92. The van der Waals surface area contributed by atoms with Gasteiger partial charge in [-0.2, -0.15) is 5.10 Å². The molecule has 0 spiro atoms. The summed E-state index contributed by atoms with van der Waals surface area (Å²) in [5.74, 6) is 0.904. The minimum Gasteiger partial charge on any atom is -0.370 e. The molecule has 3 rings (SSSR count). The van der Waals surface area contributed by atoms with Crippen LogP contribution in [-0.4, -0.2) is 28.8 Å². The summed E-state index contributed by atoms with van der Waals surface area (Å²) in [5, 5.41) is 10.7. The molecule has 0 bridgehead atoms. The van der Waals surface area contributed by atoms with E-state index in [-0.39, 0.29) is 17.6 Å². The van der Waals surface area contributed by atoms with Gasteiger partial charge in [-0.25, -0.2) is 9.07 Å². The first-order chi connectivity index (χ1) is 14.6. The van der Waals surface area contributed by atoms with Gasteiger partial charge in [-0.1, -0.05) is 37.1 Å². The number of hydrogen-bond acceptors (Lipinski definition) is 3. The van der Waals surface area contributed by atoms with E-state index in [1.54, 1.807) is 11.6 Å². The lowest BCUT2D eigenvalue weighted by atomic mass is 10.1. The predicted molar refractivity (Wildman–Crippen MR) is 118 cm³/mol. The van der Waals surface area contributed by atoms with E-state index in [2.05, 4.69) is 40.9 Å². The van der Waals surface area contributed by atoms with Gasteiger partial charge in [-0.05, 0) is 63.2 Å². The SMILES string of the molecule is Cc1ccccc1C/C=C(/NCCCCNC(=O)C1CCCC1)n1ncc(F)c1C. The van der Waals surface area contributed by atoms with E-state index in [1.165, 1.54) is 30.2 Å². The zero-order chi connectivity index (χ0) is 21.3. The number of benzene rings is 1. The fraction of sp³-hybridized carbons (Fsp3) is 0.500. The summed E-state index contributed by atoms with van der Waals surface area (Å²) in [5.41, 5.74) is 2.95. The van der Waals surface area contributed by atoms with E-state index in [0.29, 0.717) is 12.2 Å². The van der Waals surface area contributed by atoms with Crippen molar-refractivity contribution in [1.82, 2.24) is 20.4 Å². The van der Waals surface area contributed by atoms with E-state index >= 15 is 0 Å². The van der Waals surface area contributed by atoms with Crippen LogP contribution in [0.25, 0.3) is 5.82 Å². The number of carbonyl (C=O) groups excluding carboxylic acids is 1. The quantitative estimate of drug-likeness (QED) is 0.570. The minimum absolute atomic E-state index is 0.210. The number of amides is 1. The van der Waals surface area contributed by atoms with Crippen molar-refractivity contribution in [3.05, 3.63) is 59.2 Å². The Morgan fingerprint density at radius 1 is 1.17 bits per heavy atom. The van der Waals surface area contributed by atoms with Crippen LogP contribution in [0, 0.1) is 25.6 Å². The van der Waals surface area contributed by atoms with Crippen molar-refractivity contribution in [3.63, 3.8) is 0 Å². The highest BCUT2D eigenvalue weighted by atomic mass is 19.1. The van der Waals surface area contributed by atoms with Gasteiger partial charge < -0.3 is 10.6 Å². The molecule has 0 radical (unpaired) electrons. The molecule has 30 heavy (non-hydrogen) atoms. The Morgan fingerprint density at radius 2 is 1.87 bits per heavy atom. The Labute approximate surface area is 178 Å². The van der Waals surface area contributed by atoms with E-state index in [4.69, 9.17) is 0 Å². The van der Waals surface area contributed by atoms with Crippen LogP contribution in [0.4, 0.5) is 4.39 Å². The highest BCUT2D eigenvalue weighted by Gasteiger charge is 2.21. The average molecular weight is 413 g/mol. The highest BCUT2D eigenvalue weighted by Crippen LogP contribution is 2.24. The zero-order valence-electron chi connectivity index (χ0n) is 18.1. The van der Waals surface area contributed by atoms with Crippen molar-refractivity contribution in [3.8, 4) is 0 Å². The number of aryl methyl sites for hydroxylation is 1. The summed E-state index contributed by atoms with van der Waals surface area (Å²) in [6.45, 7) is 5.26. The topological polar surface area (TPSA) is 58.9 Å². The second-order valence-electron chi connectivity index (χ2n) is 8.12. The molecule has 6 heteroatoms. The summed E-state index contributed by atoms with van der Waals surface area (Å²) in [7, 11) is 0.